The summed E-state index contributed by atoms with van der Waals surface area (Å²) < 4.78 is 0. The van der Waals surface area contributed by atoms with E-state index in [1.165, 1.54) is 32.1 Å². The second-order valence-electron chi connectivity index (χ2n) is 4.65. The van der Waals surface area contributed by atoms with E-state index in [1.807, 2.05) is 0 Å². The quantitative estimate of drug-likeness (QED) is 0.646. The summed E-state index contributed by atoms with van der Waals surface area (Å²) in [5.41, 5.74) is 5.80. The monoisotopic (exact) mass is 153 g/mol. The van der Waals surface area contributed by atoms with Crippen LogP contribution in [0.3, 0.4) is 0 Å². The number of nitrogens with two attached hydrogens (primary N) is 1. The Kier molecular flexibility index (Phi) is 1.92. The van der Waals surface area contributed by atoms with Crippen LogP contribution in [-0.2, 0) is 0 Å². The van der Waals surface area contributed by atoms with Gasteiger partial charge in [0.1, 0.15) is 0 Å². The first-order valence-electron chi connectivity index (χ1n) is 5.01. The highest BCUT2D eigenvalue weighted by atomic mass is 14.6. The molecule has 0 amide bonds. The van der Waals surface area contributed by atoms with Gasteiger partial charge in [0.2, 0.25) is 0 Å². The lowest BCUT2D eigenvalue weighted by molar-refractivity contribution is 0.299. The summed E-state index contributed by atoms with van der Waals surface area (Å²) in [5, 5.41) is 0. The molecule has 0 radical (unpaired) electrons. The zero-order chi connectivity index (χ0) is 7.84. The van der Waals surface area contributed by atoms with E-state index in [0.29, 0.717) is 6.04 Å². The molecule has 64 valence electrons. The maximum atomic E-state index is 5.80. The van der Waals surface area contributed by atoms with Gasteiger partial charge in [0.15, 0.2) is 0 Å². The van der Waals surface area contributed by atoms with Crippen molar-refractivity contribution >= 4 is 0 Å². The van der Waals surface area contributed by atoms with Gasteiger partial charge in [-0.15, -0.1) is 0 Å². The second-order valence-corrected chi connectivity index (χ2v) is 4.65. The fourth-order valence-electron chi connectivity index (χ4n) is 3.14. The largest absolute Gasteiger partial charge is 0.328 e. The third kappa shape index (κ3) is 1.44. The summed E-state index contributed by atoms with van der Waals surface area (Å²) in [6.45, 7) is 2.14. The summed E-state index contributed by atoms with van der Waals surface area (Å²) in [6, 6.07) is 0.430. The molecule has 2 N–H and O–H groups in total. The minimum absolute atomic E-state index is 0.430. The van der Waals surface area contributed by atoms with Crippen molar-refractivity contribution in [1.29, 1.82) is 0 Å². The summed E-state index contributed by atoms with van der Waals surface area (Å²) in [6.07, 6.45) is 7.31. The van der Waals surface area contributed by atoms with E-state index in [-0.39, 0.29) is 0 Å². The highest BCUT2D eigenvalue weighted by Crippen LogP contribution is 2.49. The first kappa shape index (κ1) is 7.60. The molecule has 0 heterocycles. The third-order valence-corrected chi connectivity index (χ3v) is 3.56. The zero-order valence-electron chi connectivity index (χ0n) is 7.42. The van der Waals surface area contributed by atoms with Crippen LogP contribution in [0.2, 0.25) is 0 Å². The van der Waals surface area contributed by atoms with E-state index >= 15 is 0 Å². The fourth-order valence-corrected chi connectivity index (χ4v) is 3.14. The lowest BCUT2D eigenvalue weighted by Gasteiger charge is -2.22. The van der Waals surface area contributed by atoms with Crippen molar-refractivity contribution in [3.63, 3.8) is 0 Å². The molecule has 1 heteroatoms. The molecule has 1 nitrogen and oxygen atoms in total. The Balaban J connectivity index is 1.87. The van der Waals surface area contributed by atoms with Crippen molar-refractivity contribution in [2.75, 3.05) is 0 Å². The van der Waals surface area contributed by atoms with E-state index in [2.05, 4.69) is 6.92 Å². The topological polar surface area (TPSA) is 26.0 Å². The van der Waals surface area contributed by atoms with E-state index in [4.69, 9.17) is 5.73 Å². The molecule has 4 atom stereocenters. The molecule has 3 unspecified atom stereocenters. The van der Waals surface area contributed by atoms with Gasteiger partial charge in [-0.25, -0.2) is 0 Å². The lowest BCUT2D eigenvalue weighted by Crippen LogP contribution is -2.22. The Morgan fingerprint density at radius 2 is 2.18 bits per heavy atom. The smallest absolute Gasteiger partial charge is 0.00132 e. The van der Waals surface area contributed by atoms with Crippen LogP contribution in [0.4, 0.5) is 0 Å². The molecule has 0 aromatic rings. The van der Waals surface area contributed by atoms with Crippen LogP contribution < -0.4 is 5.73 Å². The van der Waals surface area contributed by atoms with Crippen molar-refractivity contribution in [3.05, 3.63) is 0 Å². The molecule has 0 aliphatic heterocycles. The molecule has 2 rings (SSSR count). The van der Waals surface area contributed by atoms with Gasteiger partial charge in [-0.2, -0.15) is 0 Å². The van der Waals surface area contributed by atoms with Crippen molar-refractivity contribution < 1.29 is 0 Å². The SMILES string of the molecule is C[C@H](N)CC1CC2CCC1C2. The van der Waals surface area contributed by atoms with Crippen molar-refractivity contribution in [1.82, 2.24) is 0 Å². The molecule has 11 heavy (non-hydrogen) atoms. The number of hydrogen-bond donors (Lipinski definition) is 1. The van der Waals surface area contributed by atoms with Crippen LogP contribution in [0, 0.1) is 17.8 Å². The molecular formula is C10H19N. The van der Waals surface area contributed by atoms with Gasteiger partial charge in [-0.1, -0.05) is 6.42 Å². The molecule has 0 aromatic carbocycles. The number of hydrogen-bond acceptors (Lipinski definition) is 1. The fraction of sp³-hybridized carbons (Fsp3) is 1.00. The average Bonchev–Trinajstić information content (AvgIpc) is 2.45. The van der Waals surface area contributed by atoms with Gasteiger partial charge in [-0.05, 0) is 50.4 Å². The first-order chi connectivity index (χ1) is 5.25. The van der Waals surface area contributed by atoms with Gasteiger partial charge >= 0.3 is 0 Å². The summed E-state index contributed by atoms with van der Waals surface area (Å²) >= 11 is 0. The number of rotatable bonds is 2. The normalized spacial score (nSPS) is 44.7. The van der Waals surface area contributed by atoms with Crippen molar-refractivity contribution in [2.24, 2.45) is 23.5 Å². The van der Waals surface area contributed by atoms with Gasteiger partial charge in [0.25, 0.3) is 0 Å². The van der Waals surface area contributed by atoms with Crippen molar-refractivity contribution in [2.45, 2.75) is 45.1 Å². The summed E-state index contributed by atoms with van der Waals surface area (Å²) in [5.74, 6) is 3.14. The lowest BCUT2D eigenvalue weighted by atomic mass is 9.85. The molecule has 0 aromatic heterocycles. The predicted octanol–water partition coefficient (Wildman–Crippen LogP) is 2.16. The number of fused-ring (bicyclic) bond motifs is 2. The molecule has 0 saturated heterocycles. The van der Waals surface area contributed by atoms with Crippen molar-refractivity contribution in [3.8, 4) is 0 Å². The Labute approximate surface area is 69.4 Å². The van der Waals surface area contributed by atoms with E-state index in [0.717, 1.165) is 17.8 Å². The Hall–Kier alpha value is -0.0400. The molecule has 2 aliphatic carbocycles. The first-order valence-corrected chi connectivity index (χ1v) is 5.01. The van der Waals surface area contributed by atoms with E-state index < -0.39 is 0 Å². The summed E-state index contributed by atoms with van der Waals surface area (Å²) in [4.78, 5) is 0. The average molecular weight is 153 g/mol. The standard InChI is InChI=1S/C10H19N/c1-7(11)4-10-6-8-2-3-9(10)5-8/h7-10H,2-6,11H2,1H3/t7-,8?,9?,10?/m0/s1. The van der Waals surface area contributed by atoms with E-state index in [9.17, 15) is 0 Å². The highest BCUT2D eigenvalue weighted by molar-refractivity contribution is 4.90. The zero-order valence-corrected chi connectivity index (χ0v) is 7.42. The molecular weight excluding hydrogens is 134 g/mol. The molecule has 2 aliphatic rings. The van der Waals surface area contributed by atoms with Gasteiger partial charge in [-0.3, -0.25) is 0 Å². The van der Waals surface area contributed by atoms with Gasteiger partial charge in [0.05, 0.1) is 0 Å². The predicted molar refractivity (Wildman–Crippen MR) is 47.2 cm³/mol. The van der Waals surface area contributed by atoms with Crippen LogP contribution in [0.25, 0.3) is 0 Å². The Morgan fingerprint density at radius 1 is 1.36 bits per heavy atom. The van der Waals surface area contributed by atoms with Crippen LogP contribution in [0.1, 0.15) is 39.0 Å². The van der Waals surface area contributed by atoms with Crippen LogP contribution in [-0.4, -0.2) is 6.04 Å². The third-order valence-electron chi connectivity index (χ3n) is 3.56. The van der Waals surface area contributed by atoms with E-state index in [1.54, 1.807) is 0 Å². The highest BCUT2D eigenvalue weighted by Gasteiger charge is 2.39. The second kappa shape index (κ2) is 2.78. The Bertz CT molecular complexity index is 142. The maximum Gasteiger partial charge on any atom is 0.00132 e. The molecule has 2 saturated carbocycles. The minimum atomic E-state index is 0.430. The van der Waals surface area contributed by atoms with Gasteiger partial charge < -0.3 is 5.73 Å². The Morgan fingerprint density at radius 3 is 2.64 bits per heavy atom. The van der Waals surface area contributed by atoms with Crippen LogP contribution in [0.5, 0.6) is 0 Å². The summed E-state index contributed by atoms with van der Waals surface area (Å²) in [7, 11) is 0. The van der Waals surface area contributed by atoms with Crippen LogP contribution in [0.15, 0.2) is 0 Å². The molecule has 0 spiro atoms. The molecule has 2 fully saturated rings. The van der Waals surface area contributed by atoms with Gasteiger partial charge in [0, 0.05) is 6.04 Å². The maximum absolute atomic E-state index is 5.80. The molecule has 2 bridgehead atoms. The minimum Gasteiger partial charge on any atom is -0.328 e. The van der Waals surface area contributed by atoms with Crippen LogP contribution >= 0.6 is 0 Å².